The van der Waals surface area contributed by atoms with E-state index in [2.05, 4.69) is 135 Å². The average molecular weight is 713 g/mol. The first-order valence-corrected chi connectivity index (χ1v) is 19.7. The number of nitriles is 1. The molecule has 1 aromatic heterocycles. The van der Waals surface area contributed by atoms with E-state index in [1.54, 1.807) is 6.07 Å². The van der Waals surface area contributed by atoms with E-state index in [4.69, 9.17) is 15.0 Å². The first-order chi connectivity index (χ1) is 26.9. The van der Waals surface area contributed by atoms with E-state index < -0.39 is 0 Å². The minimum atomic E-state index is 0.325. The van der Waals surface area contributed by atoms with Crippen LogP contribution in [0.1, 0.15) is 57.1 Å². The fraction of sp³-hybridized carbons (Fsp3) is 0.216. The van der Waals surface area contributed by atoms with Crippen LogP contribution in [0.5, 0.6) is 0 Å². The predicted molar refractivity (Wildman–Crippen MR) is 224 cm³/mol. The standard InChI is InChI=1S/C51H44N4/c1-34-24-37-25-35(2)31-51(30-34,32-37)47-22-20-41(21-23-47)40-16-18-42(19-17-40)48-53-49(43-15-9-10-36(26-43)33-52)55-50(54-48)46-28-44(38-11-5-3-6-12-38)27-45(29-46)39-13-7-4-8-14-39/h3-23,26-29,34-35,37H,24-25,30-32H2,1-2H3/t34-,35?,37?,51?/m1/s1. The van der Waals surface area contributed by atoms with Gasteiger partial charge in [0.05, 0.1) is 11.6 Å². The second-order valence-electron chi connectivity index (χ2n) is 16.1. The quantitative estimate of drug-likeness (QED) is 0.165. The molecule has 0 saturated heterocycles. The maximum absolute atomic E-state index is 9.71. The molecule has 9 rings (SSSR count). The van der Waals surface area contributed by atoms with E-state index in [9.17, 15) is 5.26 Å². The second kappa shape index (κ2) is 14.6. The Kier molecular flexibility index (Phi) is 9.16. The lowest BCUT2D eigenvalue weighted by atomic mass is 9.54. The van der Waals surface area contributed by atoms with Gasteiger partial charge in [-0.25, -0.2) is 15.0 Å². The summed E-state index contributed by atoms with van der Waals surface area (Å²) in [4.78, 5) is 15.2. The van der Waals surface area contributed by atoms with E-state index in [0.717, 1.165) is 56.7 Å². The minimum absolute atomic E-state index is 0.325. The van der Waals surface area contributed by atoms with E-state index in [1.807, 2.05) is 30.3 Å². The zero-order valence-electron chi connectivity index (χ0n) is 31.5. The first kappa shape index (κ1) is 34.6. The van der Waals surface area contributed by atoms with Crippen LogP contribution in [0.3, 0.4) is 0 Å². The van der Waals surface area contributed by atoms with Crippen LogP contribution in [-0.2, 0) is 5.41 Å². The van der Waals surface area contributed by atoms with Crippen molar-refractivity contribution in [1.82, 2.24) is 15.0 Å². The molecule has 0 amide bonds. The lowest BCUT2D eigenvalue weighted by molar-refractivity contribution is 0.0780. The summed E-state index contributed by atoms with van der Waals surface area (Å²) in [5.41, 5.74) is 11.8. The summed E-state index contributed by atoms with van der Waals surface area (Å²) in [5.74, 6) is 4.14. The fourth-order valence-corrected chi connectivity index (χ4v) is 9.73. The summed E-state index contributed by atoms with van der Waals surface area (Å²) in [5, 5.41) is 9.71. The van der Waals surface area contributed by atoms with Gasteiger partial charge in [0.25, 0.3) is 0 Å². The van der Waals surface area contributed by atoms with Crippen molar-refractivity contribution in [3.8, 4) is 73.6 Å². The Morgan fingerprint density at radius 2 is 0.909 bits per heavy atom. The van der Waals surface area contributed by atoms with Crippen molar-refractivity contribution in [2.45, 2.75) is 51.4 Å². The van der Waals surface area contributed by atoms with Gasteiger partial charge < -0.3 is 0 Å². The van der Waals surface area contributed by atoms with Crippen LogP contribution in [0.2, 0.25) is 0 Å². The molecule has 0 spiro atoms. The average Bonchev–Trinajstić information content (AvgIpc) is 3.23. The van der Waals surface area contributed by atoms with Crippen molar-refractivity contribution in [1.29, 1.82) is 5.26 Å². The molecule has 2 aliphatic carbocycles. The minimum Gasteiger partial charge on any atom is -0.208 e. The summed E-state index contributed by atoms with van der Waals surface area (Å²) in [6.07, 6.45) is 6.74. The van der Waals surface area contributed by atoms with Crippen molar-refractivity contribution in [3.63, 3.8) is 0 Å². The molecule has 55 heavy (non-hydrogen) atoms. The molecule has 7 aromatic rings. The van der Waals surface area contributed by atoms with Gasteiger partial charge in [-0.1, -0.05) is 135 Å². The Bertz CT molecular complexity index is 2420. The number of nitrogens with zero attached hydrogens (tertiary/aromatic N) is 4. The highest BCUT2D eigenvalue weighted by Crippen LogP contribution is 2.54. The van der Waals surface area contributed by atoms with Gasteiger partial charge in [0.2, 0.25) is 0 Å². The molecule has 0 aliphatic heterocycles. The lowest BCUT2D eigenvalue weighted by Crippen LogP contribution is -2.42. The van der Waals surface area contributed by atoms with Crippen molar-refractivity contribution < 1.29 is 0 Å². The van der Waals surface area contributed by atoms with Gasteiger partial charge in [0, 0.05) is 16.7 Å². The second-order valence-corrected chi connectivity index (χ2v) is 16.1. The molecule has 2 saturated carbocycles. The zero-order chi connectivity index (χ0) is 37.4. The summed E-state index contributed by atoms with van der Waals surface area (Å²) >= 11 is 0. The van der Waals surface area contributed by atoms with Crippen molar-refractivity contribution in [3.05, 3.63) is 163 Å². The lowest BCUT2D eigenvalue weighted by Gasteiger charge is -2.50. The Balaban J connectivity index is 1.10. The van der Waals surface area contributed by atoms with Gasteiger partial charge in [-0.3, -0.25) is 0 Å². The van der Waals surface area contributed by atoms with Gasteiger partial charge in [-0.15, -0.1) is 0 Å². The topological polar surface area (TPSA) is 62.5 Å². The normalized spacial score (nSPS) is 20.4. The molecule has 2 fully saturated rings. The maximum Gasteiger partial charge on any atom is 0.164 e. The SMILES string of the molecule is CC1CC2C[C@@H](C)CC(c3ccc(-c4ccc(-c5nc(-c6cccc(C#N)c6)nc(-c6cc(-c7ccccc7)cc(-c7ccccc7)c6)n5)cc4)cc3)(C1)C2. The Morgan fingerprint density at radius 1 is 0.455 bits per heavy atom. The van der Waals surface area contributed by atoms with E-state index in [0.29, 0.717) is 28.5 Å². The molecular formula is C51H44N4. The number of hydrogen-bond acceptors (Lipinski definition) is 4. The highest BCUT2D eigenvalue weighted by atomic mass is 15.0. The fourth-order valence-electron chi connectivity index (χ4n) is 9.73. The van der Waals surface area contributed by atoms with Crippen LogP contribution in [0.15, 0.2) is 152 Å². The number of aromatic nitrogens is 3. The smallest absolute Gasteiger partial charge is 0.164 e. The van der Waals surface area contributed by atoms with Crippen LogP contribution in [0.25, 0.3) is 67.5 Å². The summed E-state index contributed by atoms with van der Waals surface area (Å²) in [7, 11) is 0. The Labute approximate surface area is 324 Å². The van der Waals surface area contributed by atoms with Crippen LogP contribution >= 0.6 is 0 Å². The van der Waals surface area contributed by atoms with Crippen molar-refractivity contribution in [2.24, 2.45) is 17.8 Å². The van der Waals surface area contributed by atoms with Gasteiger partial charge >= 0.3 is 0 Å². The molecule has 268 valence electrons. The van der Waals surface area contributed by atoms with Gasteiger partial charge in [0.1, 0.15) is 0 Å². The van der Waals surface area contributed by atoms with Crippen molar-refractivity contribution in [2.75, 3.05) is 0 Å². The maximum atomic E-state index is 9.71. The molecule has 0 radical (unpaired) electrons. The molecule has 6 aromatic carbocycles. The van der Waals surface area contributed by atoms with Crippen molar-refractivity contribution >= 4 is 0 Å². The van der Waals surface area contributed by atoms with Gasteiger partial charge in [-0.2, -0.15) is 5.26 Å². The number of hydrogen-bond donors (Lipinski definition) is 0. The third-order valence-electron chi connectivity index (χ3n) is 11.9. The molecule has 3 unspecified atom stereocenters. The molecular weight excluding hydrogens is 669 g/mol. The molecule has 4 nitrogen and oxygen atoms in total. The molecule has 2 aliphatic rings. The number of rotatable bonds is 7. The van der Waals surface area contributed by atoms with E-state index in [-0.39, 0.29) is 0 Å². The number of benzene rings is 6. The van der Waals surface area contributed by atoms with Crippen LogP contribution in [0.4, 0.5) is 0 Å². The molecule has 2 bridgehead atoms. The largest absolute Gasteiger partial charge is 0.208 e. The highest BCUT2D eigenvalue weighted by Gasteiger charge is 2.45. The summed E-state index contributed by atoms with van der Waals surface area (Å²) in [6.45, 7) is 4.91. The van der Waals surface area contributed by atoms with Crippen LogP contribution in [-0.4, -0.2) is 15.0 Å². The molecule has 4 heteroatoms. The molecule has 4 atom stereocenters. The number of fused-ring (bicyclic) bond motifs is 2. The monoisotopic (exact) mass is 712 g/mol. The molecule has 1 heterocycles. The van der Waals surface area contributed by atoms with E-state index >= 15 is 0 Å². The summed E-state index contributed by atoms with van der Waals surface area (Å²) in [6, 6.07) is 55.1. The molecule has 0 N–H and O–H groups in total. The zero-order valence-corrected chi connectivity index (χ0v) is 31.5. The van der Waals surface area contributed by atoms with Gasteiger partial charge in [-0.05, 0) is 125 Å². The highest BCUT2D eigenvalue weighted by molar-refractivity contribution is 5.80. The Hall–Kier alpha value is -6.18. The first-order valence-electron chi connectivity index (χ1n) is 19.7. The third kappa shape index (κ3) is 7.11. The predicted octanol–water partition coefficient (Wildman–Crippen LogP) is 12.8. The third-order valence-corrected chi connectivity index (χ3v) is 11.9. The van der Waals surface area contributed by atoms with Crippen LogP contribution in [0, 0.1) is 29.1 Å². The van der Waals surface area contributed by atoms with Gasteiger partial charge in [0.15, 0.2) is 17.5 Å². The summed E-state index contributed by atoms with van der Waals surface area (Å²) < 4.78 is 0. The Morgan fingerprint density at radius 3 is 1.47 bits per heavy atom. The van der Waals surface area contributed by atoms with E-state index in [1.165, 1.54) is 48.8 Å². The van der Waals surface area contributed by atoms with Crippen LogP contribution < -0.4 is 0 Å².